The van der Waals surface area contributed by atoms with Crippen molar-refractivity contribution in [3.63, 3.8) is 0 Å². The van der Waals surface area contributed by atoms with Crippen LogP contribution in [0.3, 0.4) is 0 Å². The summed E-state index contributed by atoms with van der Waals surface area (Å²) < 4.78 is 29.0. The zero-order valence-electron chi connectivity index (χ0n) is 29.6. The molecule has 0 aliphatic carbocycles. The fourth-order valence-electron chi connectivity index (χ4n) is 7.46. The molecule has 264 valence electrons. The predicted octanol–water partition coefficient (Wildman–Crippen LogP) is 5.59. The van der Waals surface area contributed by atoms with Crippen LogP contribution in [0.25, 0.3) is 0 Å². The molecule has 3 aromatic carbocycles. The smallest absolute Gasteiger partial charge is 0.254 e. The van der Waals surface area contributed by atoms with Crippen LogP contribution in [0.15, 0.2) is 60.7 Å². The summed E-state index contributed by atoms with van der Waals surface area (Å²) in [4.78, 5) is 31.4. The summed E-state index contributed by atoms with van der Waals surface area (Å²) in [5.74, 6) is 2.48. The van der Waals surface area contributed by atoms with Crippen molar-refractivity contribution in [1.82, 2.24) is 9.80 Å². The van der Waals surface area contributed by atoms with Gasteiger partial charge >= 0.3 is 0 Å². The molecule has 2 aliphatic heterocycles. The van der Waals surface area contributed by atoms with E-state index in [1.165, 1.54) is 0 Å². The molecule has 10 heteroatoms. The van der Waals surface area contributed by atoms with Gasteiger partial charge in [0.05, 0.1) is 39.5 Å². The summed E-state index contributed by atoms with van der Waals surface area (Å²) in [6, 6.07) is 19.5. The normalized spacial score (nSPS) is 18.9. The summed E-state index contributed by atoms with van der Waals surface area (Å²) >= 11 is 0. The van der Waals surface area contributed by atoms with Gasteiger partial charge in [-0.1, -0.05) is 36.4 Å². The number of ether oxygens (including phenoxy) is 5. The Balaban J connectivity index is 1.40. The van der Waals surface area contributed by atoms with Crippen molar-refractivity contribution in [1.29, 1.82) is 0 Å². The topological polar surface area (TPSA) is 113 Å². The minimum absolute atomic E-state index is 0.0839. The summed E-state index contributed by atoms with van der Waals surface area (Å²) in [7, 11) is 3.27. The number of rotatable bonds is 15. The Kier molecular flexibility index (Phi) is 11.6. The van der Waals surface area contributed by atoms with Crippen LogP contribution in [0.1, 0.15) is 67.9 Å². The molecule has 0 radical (unpaired) electrons. The maximum atomic E-state index is 14.2. The van der Waals surface area contributed by atoms with E-state index in [0.717, 1.165) is 43.6 Å². The summed E-state index contributed by atoms with van der Waals surface area (Å²) in [6.45, 7) is 10.5. The van der Waals surface area contributed by atoms with Crippen LogP contribution in [-0.2, 0) is 15.6 Å². The minimum atomic E-state index is -0.659. The lowest BCUT2D eigenvalue weighted by Crippen LogP contribution is -2.50. The van der Waals surface area contributed by atoms with Crippen molar-refractivity contribution in [2.24, 2.45) is 5.73 Å². The Hall–Kier alpha value is -4.44. The lowest BCUT2D eigenvalue weighted by atomic mass is 9.71. The maximum Gasteiger partial charge on any atom is 0.254 e. The second kappa shape index (κ2) is 15.8. The fourth-order valence-corrected chi connectivity index (χ4v) is 7.46. The summed E-state index contributed by atoms with van der Waals surface area (Å²) in [5, 5.41) is 0. The molecule has 2 N–H and O–H groups in total. The van der Waals surface area contributed by atoms with Gasteiger partial charge in [0.2, 0.25) is 11.7 Å². The molecule has 49 heavy (non-hydrogen) atoms. The lowest BCUT2D eigenvalue weighted by Gasteiger charge is -2.41. The summed E-state index contributed by atoms with van der Waals surface area (Å²) in [5.41, 5.74) is 7.63. The molecule has 0 saturated carbocycles. The van der Waals surface area contributed by atoms with Gasteiger partial charge in [0.1, 0.15) is 0 Å². The van der Waals surface area contributed by atoms with Crippen molar-refractivity contribution >= 4 is 11.8 Å². The van der Waals surface area contributed by atoms with Crippen LogP contribution in [0.2, 0.25) is 0 Å². The number of hydrogen-bond donors (Lipinski definition) is 1. The third-order valence-corrected chi connectivity index (χ3v) is 10.2. The van der Waals surface area contributed by atoms with E-state index in [-0.39, 0.29) is 17.2 Å². The molecule has 5 rings (SSSR count). The van der Waals surface area contributed by atoms with Crippen LogP contribution >= 0.6 is 0 Å². The molecule has 2 saturated heterocycles. The van der Waals surface area contributed by atoms with E-state index in [1.807, 2.05) is 68.1 Å². The number of primary amides is 1. The van der Waals surface area contributed by atoms with E-state index >= 15 is 0 Å². The first-order valence-electron chi connectivity index (χ1n) is 17.4. The lowest BCUT2D eigenvalue weighted by molar-refractivity contribution is -0.125. The van der Waals surface area contributed by atoms with Gasteiger partial charge < -0.3 is 39.2 Å². The van der Waals surface area contributed by atoms with Gasteiger partial charge in [0.25, 0.3) is 5.91 Å². The van der Waals surface area contributed by atoms with Crippen molar-refractivity contribution in [3.05, 3.63) is 77.4 Å². The number of methoxy groups -OCH3 is 2. The highest BCUT2D eigenvalue weighted by molar-refractivity contribution is 5.96. The standard InChI is InChI=1S/C39H51N3O7/c1-6-47-33-24-28(25-34(48-7-2)35(33)49-8-3)36(43)42-23-17-38(27-42,30-14-15-31(45-4)32(26-30)46-5)16-20-41-21-18-39(19-22-41,37(40)44)29-12-10-9-11-13-29/h9-15,24-26H,6-8,16-23,27H2,1-5H3,(H2,40,44). The molecule has 2 aliphatic rings. The van der Waals surface area contributed by atoms with Gasteiger partial charge in [-0.2, -0.15) is 0 Å². The molecule has 2 fully saturated rings. The third-order valence-electron chi connectivity index (χ3n) is 10.2. The quantitative estimate of drug-likeness (QED) is 0.222. The number of benzene rings is 3. The van der Waals surface area contributed by atoms with E-state index in [1.54, 1.807) is 26.4 Å². The Labute approximate surface area is 290 Å². The monoisotopic (exact) mass is 673 g/mol. The van der Waals surface area contributed by atoms with E-state index in [2.05, 4.69) is 11.0 Å². The van der Waals surface area contributed by atoms with Crippen molar-refractivity contribution < 1.29 is 33.3 Å². The van der Waals surface area contributed by atoms with Gasteiger partial charge in [-0.05, 0) is 101 Å². The van der Waals surface area contributed by atoms with Crippen molar-refractivity contribution in [3.8, 4) is 28.7 Å². The van der Waals surface area contributed by atoms with E-state index in [9.17, 15) is 9.59 Å². The predicted molar refractivity (Wildman–Crippen MR) is 189 cm³/mol. The number of amides is 2. The molecule has 2 amide bonds. The highest BCUT2D eigenvalue weighted by Crippen LogP contribution is 2.44. The Morgan fingerprint density at radius 3 is 1.94 bits per heavy atom. The second-order valence-electron chi connectivity index (χ2n) is 12.8. The highest BCUT2D eigenvalue weighted by atomic mass is 16.5. The van der Waals surface area contributed by atoms with Crippen LogP contribution in [0, 0.1) is 0 Å². The first kappa shape index (κ1) is 35.9. The van der Waals surface area contributed by atoms with Crippen LogP contribution < -0.4 is 29.4 Å². The average molecular weight is 674 g/mol. The average Bonchev–Trinajstić information content (AvgIpc) is 3.57. The number of piperidine rings is 1. The number of carbonyl (C=O) groups excluding carboxylic acids is 2. The van der Waals surface area contributed by atoms with Crippen molar-refractivity contribution in [2.45, 2.75) is 57.3 Å². The number of hydrogen-bond acceptors (Lipinski definition) is 8. The second-order valence-corrected chi connectivity index (χ2v) is 12.8. The van der Waals surface area contributed by atoms with Crippen LogP contribution in [0.5, 0.6) is 28.7 Å². The number of likely N-dealkylation sites (tertiary alicyclic amines) is 2. The molecule has 0 aromatic heterocycles. The molecular weight excluding hydrogens is 622 g/mol. The van der Waals surface area contributed by atoms with Crippen LogP contribution in [-0.4, -0.2) is 88.4 Å². The Bertz CT molecular complexity index is 1560. The van der Waals surface area contributed by atoms with Gasteiger partial charge in [-0.15, -0.1) is 0 Å². The van der Waals surface area contributed by atoms with Gasteiger partial charge in [-0.25, -0.2) is 0 Å². The van der Waals surface area contributed by atoms with Crippen LogP contribution in [0.4, 0.5) is 0 Å². The zero-order valence-corrected chi connectivity index (χ0v) is 29.6. The highest BCUT2D eigenvalue weighted by Gasteiger charge is 2.44. The molecule has 0 spiro atoms. The minimum Gasteiger partial charge on any atom is -0.493 e. The van der Waals surface area contributed by atoms with Crippen molar-refractivity contribution in [2.75, 3.05) is 66.8 Å². The van der Waals surface area contributed by atoms with Gasteiger partial charge in [0, 0.05) is 24.1 Å². The molecule has 0 bridgehead atoms. The van der Waals surface area contributed by atoms with Gasteiger partial charge in [0.15, 0.2) is 23.0 Å². The first-order valence-corrected chi connectivity index (χ1v) is 17.4. The largest absolute Gasteiger partial charge is 0.493 e. The molecule has 1 atom stereocenters. The Morgan fingerprint density at radius 2 is 1.37 bits per heavy atom. The molecular formula is C39H51N3O7. The van der Waals surface area contributed by atoms with E-state index in [0.29, 0.717) is 80.1 Å². The Morgan fingerprint density at radius 1 is 0.735 bits per heavy atom. The molecule has 3 aromatic rings. The molecule has 2 heterocycles. The number of nitrogens with zero attached hydrogens (tertiary/aromatic N) is 2. The third kappa shape index (κ3) is 7.44. The number of nitrogens with two attached hydrogens (primary N) is 1. The molecule has 1 unspecified atom stereocenters. The van der Waals surface area contributed by atoms with Gasteiger partial charge in [-0.3, -0.25) is 9.59 Å². The maximum absolute atomic E-state index is 14.2. The fraction of sp³-hybridized carbons (Fsp3) is 0.487. The van der Waals surface area contributed by atoms with E-state index < -0.39 is 5.41 Å². The summed E-state index contributed by atoms with van der Waals surface area (Å²) in [6.07, 6.45) is 2.94. The number of carbonyl (C=O) groups is 2. The molecule has 10 nitrogen and oxygen atoms in total. The first-order chi connectivity index (χ1) is 23.7. The van der Waals surface area contributed by atoms with E-state index in [4.69, 9.17) is 29.4 Å². The zero-order chi connectivity index (χ0) is 35.0. The SMILES string of the molecule is CCOc1cc(C(=O)N2CCC(CCN3CCC(C(N)=O)(c4ccccc4)CC3)(c3ccc(OC)c(OC)c3)C2)cc(OCC)c1OCC.